The molecule has 0 saturated carbocycles. The van der Waals surface area contributed by atoms with Crippen LogP contribution in [0.1, 0.15) is 29.8 Å². The first-order valence-corrected chi connectivity index (χ1v) is 12.9. The van der Waals surface area contributed by atoms with Gasteiger partial charge in [0.15, 0.2) is 5.11 Å². The van der Waals surface area contributed by atoms with Gasteiger partial charge in [0, 0.05) is 51.5 Å². The molecule has 11 nitrogen and oxygen atoms in total. The molecular formula is C26H30N6O5S. The highest BCUT2D eigenvalue weighted by atomic mass is 32.1. The van der Waals surface area contributed by atoms with Crippen LogP contribution >= 0.6 is 12.2 Å². The summed E-state index contributed by atoms with van der Waals surface area (Å²) in [6, 6.07) is 9.09. The molecule has 1 aromatic carbocycles. The van der Waals surface area contributed by atoms with Gasteiger partial charge in [-0.2, -0.15) is 4.98 Å². The summed E-state index contributed by atoms with van der Waals surface area (Å²) in [5, 5.41) is 13.2. The lowest BCUT2D eigenvalue weighted by atomic mass is 10.1. The first-order valence-electron chi connectivity index (χ1n) is 12.5. The number of hydrogen-bond donors (Lipinski definition) is 2. The molecular weight excluding hydrogens is 508 g/mol. The summed E-state index contributed by atoms with van der Waals surface area (Å²) in [6.45, 7) is 6.65. The Kier molecular flexibility index (Phi) is 8.52. The number of fused-ring (bicyclic) bond motifs is 1. The molecule has 0 bridgehead atoms. The van der Waals surface area contributed by atoms with Crippen molar-refractivity contribution in [1.29, 1.82) is 0 Å². The third-order valence-corrected chi connectivity index (χ3v) is 6.75. The summed E-state index contributed by atoms with van der Waals surface area (Å²) >= 11 is 5.64. The number of ether oxygens (including phenoxy) is 1. The molecule has 0 spiro atoms. The van der Waals surface area contributed by atoms with Gasteiger partial charge in [0.05, 0.1) is 12.0 Å². The fraction of sp³-hybridized carbons (Fsp3) is 0.385. The van der Waals surface area contributed by atoms with E-state index < -0.39 is 17.4 Å². The molecule has 0 aliphatic carbocycles. The van der Waals surface area contributed by atoms with E-state index in [4.69, 9.17) is 17.0 Å². The molecule has 0 amide bonds. The lowest BCUT2D eigenvalue weighted by Crippen LogP contribution is -2.55. The summed E-state index contributed by atoms with van der Waals surface area (Å²) < 4.78 is 6.90. The second kappa shape index (κ2) is 12.0. The normalized spacial score (nSPS) is 14.3. The van der Waals surface area contributed by atoms with Crippen molar-refractivity contribution in [2.45, 2.75) is 32.9 Å². The van der Waals surface area contributed by atoms with Crippen molar-refractivity contribution in [3.05, 3.63) is 64.1 Å². The van der Waals surface area contributed by atoms with Crippen molar-refractivity contribution in [2.75, 3.05) is 37.7 Å². The van der Waals surface area contributed by atoms with Crippen LogP contribution in [0.4, 0.5) is 5.95 Å². The SMILES string of the molecule is CCOC(=O)[C@H](Cc1ccccc1)NC(=S)N1CCN(c2ncc3c(=O)c(C(=O)O)cn(CC)c3n2)CC1. The minimum absolute atomic E-state index is 0.169. The number of benzene rings is 1. The summed E-state index contributed by atoms with van der Waals surface area (Å²) in [4.78, 5) is 49.6. The van der Waals surface area contributed by atoms with E-state index in [9.17, 15) is 19.5 Å². The molecule has 1 fully saturated rings. The molecule has 1 aliphatic heterocycles. The molecule has 0 unspecified atom stereocenters. The Morgan fingerprint density at radius 2 is 1.87 bits per heavy atom. The highest BCUT2D eigenvalue weighted by molar-refractivity contribution is 7.80. The van der Waals surface area contributed by atoms with Crippen LogP contribution in [0.15, 0.2) is 47.5 Å². The maximum absolute atomic E-state index is 12.6. The Morgan fingerprint density at radius 3 is 2.50 bits per heavy atom. The van der Waals surface area contributed by atoms with E-state index in [1.54, 1.807) is 11.5 Å². The van der Waals surface area contributed by atoms with Crippen LogP contribution in [0.25, 0.3) is 11.0 Å². The number of aryl methyl sites for hydroxylation is 1. The van der Waals surface area contributed by atoms with Crippen LogP contribution in [0.5, 0.6) is 0 Å². The van der Waals surface area contributed by atoms with Gasteiger partial charge in [0.25, 0.3) is 0 Å². The number of nitrogens with one attached hydrogen (secondary N) is 1. The minimum Gasteiger partial charge on any atom is -0.477 e. The second-order valence-corrected chi connectivity index (χ2v) is 9.17. The highest BCUT2D eigenvalue weighted by Gasteiger charge is 2.26. The monoisotopic (exact) mass is 538 g/mol. The Bertz CT molecular complexity index is 1390. The fourth-order valence-corrected chi connectivity index (χ4v) is 4.67. The largest absolute Gasteiger partial charge is 0.477 e. The third kappa shape index (κ3) is 5.91. The molecule has 1 aliphatic rings. The van der Waals surface area contributed by atoms with E-state index in [2.05, 4.69) is 15.3 Å². The predicted molar refractivity (Wildman–Crippen MR) is 147 cm³/mol. The Labute approximate surface area is 225 Å². The van der Waals surface area contributed by atoms with Gasteiger partial charge in [0.1, 0.15) is 17.3 Å². The zero-order valence-electron chi connectivity index (χ0n) is 21.3. The molecule has 2 aromatic heterocycles. The Balaban J connectivity index is 1.45. The number of aromatic carboxylic acids is 1. The summed E-state index contributed by atoms with van der Waals surface area (Å²) in [5.41, 5.74) is 0.487. The number of carbonyl (C=O) groups is 2. The van der Waals surface area contributed by atoms with E-state index in [1.165, 1.54) is 12.4 Å². The molecule has 38 heavy (non-hydrogen) atoms. The van der Waals surface area contributed by atoms with Crippen molar-refractivity contribution in [2.24, 2.45) is 0 Å². The molecule has 3 heterocycles. The number of anilines is 1. The Morgan fingerprint density at radius 1 is 1.16 bits per heavy atom. The number of carbonyl (C=O) groups excluding carboxylic acids is 1. The molecule has 3 aromatic rings. The van der Waals surface area contributed by atoms with Gasteiger partial charge >= 0.3 is 11.9 Å². The van der Waals surface area contributed by atoms with E-state index in [1.807, 2.05) is 47.1 Å². The molecule has 1 saturated heterocycles. The van der Waals surface area contributed by atoms with E-state index in [0.717, 1.165) is 5.56 Å². The van der Waals surface area contributed by atoms with Crippen LogP contribution in [0.2, 0.25) is 0 Å². The second-order valence-electron chi connectivity index (χ2n) is 8.79. The van der Waals surface area contributed by atoms with Crippen LogP contribution in [-0.4, -0.2) is 80.4 Å². The van der Waals surface area contributed by atoms with Gasteiger partial charge in [-0.1, -0.05) is 30.3 Å². The zero-order chi connectivity index (χ0) is 27.2. The van der Waals surface area contributed by atoms with Crippen LogP contribution < -0.4 is 15.6 Å². The van der Waals surface area contributed by atoms with Crippen molar-refractivity contribution in [3.8, 4) is 0 Å². The number of carboxylic acid groups (broad SMARTS) is 1. The quantitative estimate of drug-likeness (QED) is 0.321. The Hall–Kier alpha value is -4.06. The van der Waals surface area contributed by atoms with Crippen LogP contribution in [0, 0.1) is 0 Å². The predicted octanol–water partition coefficient (Wildman–Crippen LogP) is 1.68. The number of esters is 1. The number of rotatable bonds is 8. The van der Waals surface area contributed by atoms with Crippen molar-refractivity contribution in [3.63, 3.8) is 0 Å². The van der Waals surface area contributed by atoms with Crippen molar-refractivity contribution < 1.29 is 19.4 Å². The van der Waals surface area contributed by atoms with Crippen molar-refractivity contribution >= 4 is 46.3 Å². The summed E-state index contributed by atoms with van der Waals surface area (Å²) in [7, 11) is 0. The van der Waals surface area contributed by atoms with Gasteiger partial charge in [0.2, 0.25) is 11.4 Å². The first kappa shape index (κ1) is 27.0. The average molecular weight is 539 g/mol. The number of carboxylic acids is 1. The maximum Gasteiger partial charge on any atom is 0.341 e. The van der Waals surface area contributed by atoms with Crippen LogP contribution in [-0.2, 0) is 22.5 Å². The van der Waals surface area contributed by atoms with Crippen LogP contribution in [0.3, 0.4) is 0 Å². The van der Waals surface area contributed by atoms with E-state index >= 15 is 0 Å². The third-order valence-electron chi connectivity index (χ3n) is 6.37. The number of piperazine rings is 1. The highest BCUT2D eigenvalue weighted by Crippen LogP contribution is 2.16. The average Bonchev–Trinajstić information content (AvgIpc) is 2.93. The fourth-order valence-electron chi connectivity index (χ4n) is 4.35. The number of pyridine rings is 1. The zero-order valence-corrected chi connectivity index (χ0v) is 22.1. The van der Waals surface area contributed by atoms with Gasteiger partial charge in [-0.15, -0.1) is 0 Å². The van der Waals surface area contributed by atoms with Gasteiger partial charge in [-0.3, -0.25) is 4.79 Å². The summed E-state index contributed by atoms with van der Waals surface area (Å²) in [5.74, 6) is -1.18. The van der Waals surface area contributed by atoms with E-state index in [-0.39, 0.29) is 23.5 Å². The molecule has 1 atom stereocenters. The lowest BCUT2D eigenvalue weighted by Gasteiger charge is -2.37. The number of hydrogen-bond acceptors (Lipinski definition) is 8. The minimum atomic E-state index is -1.28. The van der Waals surface area contributed by atoms with Gasteiger partial charge in [-0.05, 0) is 31.6 Å². The molecule has 2 N–H and O–H groups in total. The smallest absolute Gasteiger partial charge is 0.341 e. The van der Waals surface area contributed by atoms with Gasteiger partial charge in [-0.25, -0.2) is 14.6 Å². The van der Waals surface area contributed by atoms with E-state index in [0.29, 0.717) is 55.9 Å². The molecule has 12 heteroatoms. The summed E-state index contributed by atoms with van der Waals surface area (Å²) in [6.07, 6.45) is 3.17. The topological polar surface area (TPSA) is 130 Å². The molecule has 200 valence electrons. The standard InChI is InChI=1S/C26H30N6O5S/c1-3-30-16-19(23(34)35)21(33)18-15-27-25(29-22(18)30)31-10-12-32(13-11-31)26(38)28-20(24(36)37-4-2)14-17-8-6-5-7-9-17/h5-9,15-16,20H,3-4,10-14H2,1-2H3,(H,28,38)(H,34,35)/t20-/m0/s1. The first-order chi connectivity index (χ1) is 18.3. The number of nitrogens with zero attached hydrogens (tertiary/aromatic N) is 5. The van der Waals surface area contributed by atoms with Crippen molar-refractivity contribution in [1.82, 2.24) is 24.8 Å². The molecule has 4 rings (SSSR count). The lowest BCUT2D eigenvalue weighted by molar-refractivity contribution is -0.145. The van der Waals surface area contributed by atoms with Gasteiger partial charge < -0.3 is 29.5 Å². The number of aromatic nitrogens is 3. The molecule has 0 radical (unpaired) electrons. The number of thiocarbonyl (C=S) groups is 1. The maximum atomic E-state index is 12.6.